The molecule has 6 aromatic carbocycles. The molecule has 0 saturated carbocycles. The monoisotopic (exact) mass is 568 g/mol. The van der Waals surface area contributed by atoms with Gasteiger partial charge in [0.15, 0.2) is 17.5 Å². The molecule has 0 aliphatic rings. The van der Waals surface area contributed by atoms with Gasteiger partial charge in [-0.3, -0.25) is 0 Å². The molecule has 3 aromatic heterocycles. The predicted molar refractivity (Wildman–Crippen MR) is 178 cm³/mol. The highest BCUT2D eigenvalue weighted by Crippen LogP contribution is 2.38. The molecule has 0 spiro atoms. The number of rotatable bonds is 4. The lowest BCUT2D eigenvalue weighted by Gasteiger charge is -2.08. The SMILES string of the molecule is [2H]c1cc([2H])c2c(c1)c1cc([2H])cc([2H])c1n2-c1ccc2oc3c(-c4nc(-c5ccccc5)nc(-c5ccccc5)n4)cccc3c2c1. The van der Waals surface area contributed by atoms with Crippen LogP contribution in [0.25, 0.3) is 83.6 Å². The molecule has 0 N–H and O–H groups in total. The Balaban J connectivity index is 1.28. The van der Waals surface area contributed by atoms with Crippen molar-refractivity contribution in [3.63, 3.8) is 0 Å². The van der Waals surface area contributed by atoms with Crippen molar-refractivity contribution in [1.82, 2.24) is 19.5 Å². The minimum absolute atomic E-state index is 0.178. The van der Waals surface area contributed by atoms with Gasteiger partial charge in [-0.2, -0.15) is 0 Å². The largest absolute Gasteiger partial charge is 0.455 e. The number of benzene rings is 6. The number of hydrogen-bond donors (Lipinski definition) is 0. The average molecular weight is 569 g/mol. The maximum Gasteiger partial charge on any atom is 0.167 e. The van der Waals surface area contributed by atoms with E-state index < -0.39 is 0 Å². The number of aromatic nitrogens is 4. The molecule has 0 bridgehead atoms. The van der Waals surface area contributed by atoms with Crippen molar-refractivity contribution < 1.29 is 9.90 Å². The van der Waals surface area contributed by atoms with Crippen molar-refractivity contribution in [3.8, 4) is 39.9 Å². The minimum atomic E-state index is 0.178. The lowest BCUT2D eigenvalue weighted by molar-refractivity contribution is 0.669. The van der Waals surface area contributed by atoms with E-state index in [1.807, 2.05) is 102 Å². The van der Waals surface area contributed by atoms with Crippen molar-refractivity contribution >= 4 is 43.7 Å². The fourth-order valence-corrected chi connectivity index (χ4v) is 5.94. The Morgan fingerprint density at radius 1 is 0.523 bits per heavy atom. The molecule has 0 aliphatic heterocycles. The van der Waals surface area contributed by atoms with Crippen molar-refractivity contribution in [1.29, 1.82) is 0 Å². The molecule has 44 heavy (non-hydrogen) atoms. The van der Waals surface area contributed by atoms with Crippen LogP contribution in [-0.2, 0) is 0 Å². The van der Waals surface area contributed by atoms with Crippen LogP contribution in [0.4, 0.5) is 0 Å². The van der Waals surface area contributed by atoms with E-state index in [9.17, 15) is 0 Å². The van der Waals surface area contributed by atoms with Crippen molar-refractivity contribution in [3.05, 3.63) is 145 Å². The van der Waals surface area contributed by atoms with E-state index in [0.717, 1.165) is 33.2 Å². The molecule has 5 nitrogen and oxygen atoms in total. The summed E-state index contributed by atoms with van der Waals surface area (Å²) in [6.45, 7) is 0. The van der Waals surface area contributed by atoms with Crippen LogP contribution >= 0.6 is 0 Å². The topological polar surface area (TPSA) is 56.7 Å². The summed E-state index contributed by atoms with van der Waals surface area (Å²) in [5, 5.41) is 3.06. The van der Waals surface area contributed by atoms with Crippen LogP contribution in [-0.4, -0.2) is 19.5 Å². The Kier molecular flexibility index (Phi) is 4.60. The van der Waals surface area contributed by atoms with Crippen LogP contribution in [0, 0.1) is 0 Å². The van der Waals surface area contributed by atoms with Gasteiger partial charge in [-0.25, -0.2) is 15.0 Å². The van der Waals surface area contributed by atoms with Gasteiger partial charge < -0.3 is 8.98 Å². The fraction of sp³-hybridized carbons (Fsp3) is 0. The number of hydrogen-bond acceptors (Lipinski definition) is 4. The maximum atomic E-state index is 8.81. The molecule has 0 atom stereocenters. The summed E-state index contributed by atoms with van der Waals surface area (Å²) in [7, 11) is 0. The van der Waals surface area contributed by atoms with Gasteiger partial charge in [0.2, 0.25) is 0 Å². The zero-order valence-corrected chi connectivity index (χ0v) is 23.2. The average Bonchev–Trinajstić information content (AvgIpc) is 3.64. The standard InChI is InChI=1S/C39H24N4O/c1-3-12-25(13-4-1)37-40-38(26-14-5-2-6-15-26)42-39(41-37)31-19-11-18-30-32-24-27(22-23-35(32)44-36(30)31)43-33-20-9-7-16-28(33)29-17-8-10-21-34(29)43/h1-24H/i7D,8D,20D,21D. The zero-order chi connectivity index (χ0) is 32.5. The number of para-hydroxylation sites is 3. The van der Waals surface area contributed by atoms with E-state index in [1.165, 1.54) is 12.1 Å². The van der Waals surface area contributed by atoms with Gasteiger partial charge in [-0.15, -0.1) is 0 Å². The highest BCUT2D eigenvalue weighted by Gasteiger charge is 2.19. The van der Waals surface area contributed by atoms with Crippen molar-refractivity contribution in [2.75, 3.05) is 0 Å². The molecular weight excluding hydrogens is 540 g/mol. The highest BCUT2D eigenvalue weighted by molar-refractivity contribution is 6.12. The second-order valence-electron chi connectivity index (χ2n) is 10.6. The van der Waals surface area contributed by atoms with Crippen LogP contribution < -0.4 is 0 Å². The van der Waals surface area contributed by atoms with Crippen LogP contribution in [0.15, 0.2) is 150 Å². The minimum Gasteiger partial charge on any atom is -0.455 e. The quantitative estimate of drug-likeness (QED) is 0.212. The Labute approximate surface area is 258 Å². The Hall–Kier alpha value is -6.07. The number of fused-ring (bicyclic) bond motifs is 6. The zero-order valence-electron chi connectivity index (χ0n) is 27.2. The molecule has 0 saturated heterocycles. The summed E-state index contributed by atoms with van der Waals surface area (Å²) in [4.78, 5) is 14.7. The molecule has 0 amide bonds. The van der Waals surface area contributed by atoms with Crippen molar-refractivity contribution in [2.45, 2.75) is 0 Å². The number of furan rings is 1. The van der Waals surface area contributed by atoms with E-state index in [-0.39, 0.29) is 24.2 Å². The van der Waals surface area contributed by atoms with E-state index in [1.54, 1.807) is 12.1 Å². The normalized spacial score (nSPS) is 12.9. The highest BCUT2D eigenvalue weighted by atomic mass is 16.3. The molecule has 0 radical (unpaired) electrons. The maximum absolute atomic E-state index is 8.81. The van der Waals surface area contributed by atoms with Gasteiger partial charge in [0.1, 0.15) is 11.2 Å². The van der Waals surface area contributed by atoms with Gasteiger partial charge in [0, 0.05) is 38.4 Å². The lowest BCUT2D eigenvalue weighted by Crippen LogP contribution is -2.00. The molecular formula is C39H24N4O. The van der Waals surface area contributed by atoms with E-state index in [2.05, 4.69) is 0 Å². The third-order valence-corrected chi connectivity index (χ3v) is 7.97. The first-order valence-corrected chi connectivity index (χ1v) is 14.3. The third-order valence-electron chi connectivity index (χ3n) is 7.97. The lowest BCUT2D eigenvalue weighted by atomic mass is 10.1. The first kappa shape index (κ1) is 20.8. The summed E-state index contributed by atoms with van der Waals surface area (Å²) < 4.78 is 42.5. The molecule has 0 fully saturated rings. The Bertz CT molecular complexity index is 2600. The van der Waals surface area contributed by atoms with Gasteiger partial charge in [-0.05, 0) is 36.4 Å². The van der Waals surface area contributed by atoms with Gasteiger partial charge in [0.25, 0.3) is 0 Å². The molecule has 9 aromatic rings. The predicted octanol–water partition coefficient (Wildman–Crippen LogP) is 9.87. The first-order chi connectivity index (χ1) is 23.4. The van der Waals surface area contributed by atoms with Gasteiger partial charge in [-0.1, -0.05) is 109 Å². The molecule has 9 rings (SSSR count). The van der Waals surface area contributed by atoms with Gasteiger partial charge >= 0.3 is 0 Å². The Morgan fingerprint density at radius 3 is 1.77 bits per heavy atom. The van der Waals surface area contributed by atoms with E-state index in [0.29, 0.717) is 50.4 Å². The summed E-state index contributed by atoms with van der Waals surface area (Å²) in [6, 6.07) is 38.6. The summed E-state index contributed by atoms with van der Waals surface area (Å²) >= 11 is 0. The van der Waals surface area contributed by atoms with Crippen LogP contribution in [0.1, 0.15) is 5.48 Å². The molecule has 206 valence electrons. The summed E-state index contributed by atoms with van der Waals surface area (Å²) in [5.74, 6) is 1.61. The smallest absolute Gasteiger partial charge is 0.167 e. The molecule has 0 aliphatic carbocycles. The number of nitrogens with zero attached hydrogens (tertiary/aromatic N) is 4. The third kappa shape index (κ3) is 3.83. The van der Waals surface area contributed by atoms with Crippen LogP contribution in [0.5, 0.6) is 0 Å². The molecule has 5 heteroatoms. The van der Waals surface area contributed by atoms with E-state index in [4.69, 9.17) is 24.9 Å². The van der Waals surface area contributed by atoms with Crippen molar-refractivity contribution in [2.24, 2.45) is 0 Å². The van der Waals surface area contributed by atoms with Gasteiger partial charge in [0.05, 0.1) is 22.1 Å². The first-order valence-electron chi connectivity index (χ1n) is 16.3. The summed E-state index contributed by atoms with van der Waals surface area (Å²) in [6.07, 6.45) is 0. The second-order valence-corrected chi connectivity index (χ2v) is 10.6. The van der Waals surface area contributed by atoms with Crippen LogP contribution in [0.2, 0.25) is 0 Å². The van der Waals surface area contributed by atoms with E-state index >= 15 is 0 Å². The Morgan fingerprint density at radius 2 is 1.14 bits per heavy atom. The molecule has 3 heterocycles. The van der Waals surface area contributed by atoms with Crippen LogP contribution in [0.3, 0.4) is 0 Å². The summed E-state index contributed by atoms with van der Waals surface area (Å²) in [5.41, 5.74) is 5.70. The fourth-order valence-electron chi connectivity index (χ4n) is 5.94. The molecule has 0 unspecified atom stereocenters. The second kappa shape index (κ2) is 9.75.